The van der Waals surface area contributed by atoms with E-state index in [2.05, 4.69) is 20.8 Å². The minimum atomic E-state index is -0.951. The number of rotatable bonds is 3. The molecule has 10 heteroatoms. The molecule has 3 heterocycles. The fourth-order valence-corrected chi connectivity index (χ4v) is 4.41. The molecule has 2 aliphatic rings. The fourth-order valence-electron chi connectivity index (χ4n) is 3.59. The number of likely N-dealkylation sites (tertiary alicyclic amines) is 1. The smallest absolute Gasteiger partial charge is 0.258 e. The SMILES string of the molecule is CC(C)(C)c1nnc(NC(=O)CN2CC[C@@]3(CCC2=O)NC(=O)c2ccccc2O3)s1. The van der Waals surface area contributed by atoms with E-state index >= 15 is 0 Å². The Morgan fingerprint density at radius 1 is 1.26 bits per heavy atom. The van der Waals surface area contributed by atoms with Crippen molar-refractivity contribution in [2.75, 3.05) is 18.4 Å². The fraction of sp³-hybridized carbons (Fsp3) is 0.476. The number of para-hydroxylation sites is 1. The Morgan fingerprint density at radius 3 is 2.77 bits per heavy atom. The Labute approximate surface area is 184 Å². The van der Waals surface area contributed by atoms with Gasteiger partial charge in [0.05, 0.1) is 12.1 Å². The van der Waals surface area contributed by atoms with E-state index in [-0.39, 0.29) is 42.6 Å². The van der Waals surface area contributed by atoms with Gasteiger partial charge < -0.3 is 15.0 Å². The number of amides is 3. The predicted octanol–water partition coefficient (Wildman–Crippen LogP) is 2.31. The number of anilines is 1. The van der Waals surface area contributed by atoms with Crippen LogP contribution in [0.1, 0.15) is 55.4 Å². The van der Waals surface area contributed by atoms with Gasteiger partial charge in [0.1, 0.15) is 10.8 Å². The molecule has 1 saturated heterocycles. The van der Waals surface area contributed by atoms with E-state index in [0.29, 0.717) is 29.3 Å². The Balaban J connectivity index is 1.40. The highest BCUT2D eigenvalue weighted by Gasteiger charge is 2.42. The first-order valence-electron chi connectivity index (χ1n) is 10.2. The number of aromatic nitrogens is 2. The van der Waals surface area contributed by atoms with Gasteiger partial charge in [-0.3, -0.25) is 19.7 Å². The first-order chi connectivity index (χ1) is 14.7. The minimum Gasteiger partial charge on any atom is -0.467 e. The van der Waals surface area contributed by atoms with E-state index in [4.69, 9.17) is 4.74 Å². The number of ether oxygens (including phenoxy) is 1. The van der Waals surface area contributed by atoms with Crippen LogP contribution >= 0.6 is 11.3 Å². The maximum atomic E-state index is 12.6. The van der Waals surface area contributed by atoms with Crippen LogP contribution in [0.2, 0.25) is 0 Å². The molecule has 1 atom stereocenters. The summed E-state index contributed by atoms with van der Waals surface area (Å²) >= 11 is 1.32. The highest BCUT2D eigenvalue weighted by atomic mass is 32.1. The Kier molecular flexibility index (Phi) is 5.42. The van der Waals surface area contributed by atoms with E-state index in [0.717, 1.165) is 5.01 Å². The lowest BCUT2D eigenvalue weighted by Crippen LogP contribution is -2.56. The second-order valence-corrected chi connectivity index (χ2v) is 9.80. The van der Waals surface area contributed by atoms with E-state index in [1.54, 1.807) is 18.2 Å². The monoisotopic (exact) mass is 443 g/mol. The molecule has 31 heavy (non-hydrogen) atoms. The molecule has 0 unspecified atom stereocenters. The number of carbonyl (C=O) groups is 3. The highest BCUT2D eigenvalue weighted by molar-refractivity contribution is 7.15. The second-order valence-electron chi connectivity index (χ2n) is 8.82. The van der Waals surface area contributed by atoms with Gasteiger partial charge in [-0.05, 0) is 12.1 Å². The average molecular weight is 444 g/mol. The standard InChI is InChI=1S/C21H25N5O4S/c1-20(2,3)18-24-25-19(31-18)22-15(27)12-26-11-10-21(9-8-16(26)28)23-17(29)13-6-4-5-7-14(13)30-21/h4-7H,8-12H2,1-3H3,(H,23,29)(H,22,25,27)/t21-/m0/s1. The molecule has 2 N–H and O–H groups in total. The number of fused-ring (bicyclic) bond motifs is 1. The van der Waals surface area contributed by atoms with Crippen LogP contribution < -0.4 is 15.4 Å². The number of nitrogens with zero attached hydrogens (tertiary/aromatic N) is 3. The zero-order valence-electron chi connectivity index (χ0n) is 17.7. The third-order valence-corrected chi connectivity index (χ3v) is 6.57. The van der Waals surface area contributed by atoms with Gasteiger partial charge >= 0.3 is 0 Å². The molecule has 1 aromatic carbocycles. The molecule has 9 nitrogen and oxygen atoms in total. The van der Waals surface area contributed by atoms with Crippen molar-refractivity contribution in [1.29, 1.82) is 0 Å². The maximum Gasteiger partial charge on any atom is 0.258 e. The molecule has 4 rings (SSSR count). The van der Waals surface area contributed by atoms with Gasteiger partial charge in [0.15, 0.2) is 5.72 Å². The Hall–Kier alpha value is -3.01. The summed E-state index contributed by atoms with van der Waals surface area (Å²) in [5.41, 5.74) is -0.627. The van der Waals surface area contributed by atoms with Crippen LogP contribution in [0.5, 0.6) is 5.75 Å². The largest absolute Gasteiger partial charge is 0.467 e. The average Bonchev–Trinajstić information content (AvgIpc) is 3.13. The van der Waals surface area contributed by atoms with Crippen LogP contribution in [-0.2, 0) is 15.0 Å². The number of hydrogen-bond acceptors (Lipinski definition) is 7. The zero-order valence-corrected chi connectivity index (χ0v) is 18.5. The Morgan fingerprint density at radius 2 is 2.03 bits per heavy atom. The van der Waals surface area contributed by atoms with Crippen LogP contribution in [0.15, 0.2) is 24.3 Å². The summed E-state index contributed by atoms with van der Waals surface area (Å²) in [7, 11) is 0. The third-order valence-electron chi connectivity index (χ3n) is 5.31. The van der Waals surface area contributed by atoms with E-state index in [1.165, 1.54) is 16.2 Å². The molecular weight excluding hydrogens is 418 g/mol. The molecule has 0 aliphatic carbocycles. The molecule has 2 aromatic rings. The van der Waals surface area contributed by atoms with Gasteiger partial charge in [-0.1, -0.05) is 44.2 Å². The molecule has 0 bridgehead atoms. The molecular formula is C21H25N5O4S. The van der Waals surface area contributed by atoms with Crippen molar-refractivity contribution in [3.8, 4) is 5.75 Å². The van der Waals surface area contributed by atoms with Gasteiger partial charge in [-0.25, -0.2) is 0 Å². The van der Waals surface area contributed by atoms with Crippen molar-refractivity contribution < 1.29 is 19.1 Å². The van der Waals surface area contributed by atoms with Crippen molar-refractivity contribution in [3.05, 3.63) is 34.8 Å². The number of carbonyl (C=O) groups excluding carboxylic acids is 3. The van der Waals surface area contributed by atoms with Gasteiger partial charge in [0.25, 0.3) is 5.91 Å². The molecule has 0 radical (unpaired) electrons. The number of nitrogens with one attached hydrogen (secondary N) is 2. The summed E-state index contributed by atoms with van der Waals surface area (Å²) in [6.07, 6.45) is 0.900. The molecule has 3 amide bonds. The first kappa shape index (κ1) is 21.2. The lowest BCUT2D eigenvalue weighted by Gasteiger charge is -2.38. The summed E-state index contributed by atoms with van der Waals surface area (Å²) < 4.78 is 6.11. The van der Waals surface area contributed by atoms with Crippen molar-refractivity contribution in [2.45, 2.75) is 51.2 Å². The predicted molar refractivity (Wildman–Crippen MR) is 115 cm³/mol. The van der Waals surface area contributed by atoms with Crippen LogP contribution in [0.3, 0.4) is 0 Å². The number of hydrogen-bond donors (Lipinski definition) is 2. The van der Waals surface area contributed by atoms with E-state index in [1.807, 2.05) is 26.8 Å². The molecule has 1 spiro atoms. The molecule has 1 fully saturated rings. The number of benzene rings is 1. The lowest BCUT2D eigenvalue weighted by atomic mass is 9.98. The van der Waals surface area contributed by atoms with Crippen molar-refractivity contribution in [1.82, 2.24) is 20.4 Å². The summed E-state index contributed by atoms with van der Waals surface area (Å²) in [6.45, 7) is 6.27. The van der Waals surface area contributed by atoms with Crippen LogP contribution in [0.25, 0.3) is 0 Å². The second kappa shape index (κ2) is 7.92. The summed E-state index contributed by atoms with van der Waals surface area (Å²) in [4.78, 5) is 39.2. The van der Waals surface area contributed by atoms with Crippen LogP contribution in [0, 0.1) is 0 Å². The van der Waals surface area contributed by atoms with E-state index < -0.39 is 5.72 Å². The summed E-state index contributed by atoms with van der Waals surface area (Å²) in [6, 6.07) is 7.04. The minimum absolute atomic E-state index is 0.0934. The maximum absolute atomic E-state index is 12.6. The molecule has 2 aliphatic heterocycles. The zero-order chi connectivity index (χ0) is 22.2. The third kappa shape index (κ3) is 4.53. The van der Waals surface area contributed by atoms with Gasteiger partial charge in [-0.2, -0.15) is 0 Å². The normalized spacial score (nSPS) is 21.2. The summed E-state index contributed by atoms with van der Waals surface area (Å²) in [5, 5.41) is 15.0. The Bertz CT molecular complexity index is 1030. The topological polar surface area (TPSA) is 114 Å². The van der Waals surface area contributed by atoms with Crippen molar-refractivity contribution in [3.63, 3.8) is 0 Å². The highest BCUT2D eigenvalue weighted by Crippen LogP contribution is 2.33. The molecule has 1 aromatic heterocycles. The van der Waals surface area contributed by atoms with Crippen molar-refractivity contribution in [2.24, 2.45) is 0 Å². The van der Waals surface area contributed by atoms with Crippen molar-refractivity contribution >= 4 is 34.2 Å². The van der Waals surface area contributed by atoms with E-state index in [9.17, 15) is 14.4 Å². The quantitative estimate of drug-likeness (QED) is 0.753. The molecule has 0 saturated carbocycles. The van der Waals surface area contributed by atoms with Crippen LogP contribution in [-0.4, -0.2) is 51.6 Å². The van der Waals surface area contributed by atoms with Gasteiger partial charge in [-0.15, -0.1) is 10.2 Å². The van der Waals surface area contributed by atoms with Crippen LogP contribution in [0.4, 0.5) is 5.13 Å². The molecule has 164 valence electrons. The lowest BCUT2D eigenvalue weighted by molar-refractivity contribution is -0.134. The summed E-state index contributed by atoms with van der Waals surface area (Å²) in [5.74, 6) is -0.196. The van der Waals surface area contributed by atoms with Gasteiger partial charge in [0, 0.05) is 31.2 Å². The first-order valence-corrected chi connectivity index (χ1v) is 11.0. The van der Waals surface area contributed by atoms with Gasteiger partial charge in [0.2, 0.25) is 16.9 Å².